The molecule has 0 aliphatic heterocycles. The fourth-order valence-electron chi connectivity index (χ4n) is 1.73. The minimum Gasteiger partial charge on any atom is -0.478 e. The smallest absolute Gasteiger partial charge is 0.478 e. The summed E-state index contributed by atoms with van der Waals surface area (Å²) in [5, 5.41) is 18.0. The third-order valence-electron chi connectivity index (χ3n) is 3.29. The molecule has 170 valence electrons. The van der Waals surface area contributed by atoms with Crippen molar-refractivity contribution in [3.63, 3.8) is 0 Å². The molecule has 0 spiro atoms. The van der Waals surface area contributed by atoms with Crippen LogP contribution in [0.5, 0.6) is 0 Å². The molecule has 0 unspecified atom stereocenters. The van der Waals surface area contributed by atoms with E-state index in [1.54, 1.807) is 6.08 Å². The monoisotopic (exact) mass is 504 g/mol. The number of halogens is 3. The Morgan fingerprint density at radius 1 is 1.06 bits per heavy atom. The second-order valence-electron chi connectivity index (χ2n) is 5.64. The molecule has 0 amide bonds. The van der Waals surface area contributed by atoms with E-state index in [1.807, 2.05) is 0 Å². The minimum absolute atomic E-state index is 0. The molecule has 2 aromatic rings. The summed E-state index contributed by atoms with van der Waals surface area (Å²) in [4.78, 5) is 20.8. The van der Waals surface area contributed by atoms with Gasteiger partial charge in [0.15, 0.2) is 0 Å². The molecule has 4 nitrogen and oxygen atoms in total. The van der Waals surface area contributed by atoms with Crippen LogP contribution in [0, 0.1) is 18.1 Å². The van der Waals surface area contributed by atoms with Crippen molar-refractivity contribution < 1.29 is 47.4 Å². The van der Waals surface area contributed by atoms with Gasteiger partial charge in [-0.3, -0.25) is 0 Å². The molecule has 0 saturated heterocycles. The molecule has 2 aromatic carbocycles. The van der Waals surface area contributed by atoms with Gasteiger partial charge in [-0.2, -0.15) is 13.3 Å². The molecular formula is C24H28BrF2LiO4. The first-order valence-electron chi connectivity index (χ1n) is 9.25. The summed E-state index contributed by atoms with van der Waals surface area (Å²) < 4.78 is 25.4. The van der Waals surface area contributed by atoms with Crippen LogP contribution >= 0.6 is 15.9 Å². The zero-order valence-corrected chi connectivity index (χ0v) is 20.2. The summed E-state index contributed by atoms with van der Waals surface area (Å²) in [6.45, 7) is 11.1. The van der Waals surface area contributed by atoms with Crippen LogP contribution in [-0.2, 0) is 6.42 Å². The molecule has 0 fully saturated rings. The van der Waals surface area contributed by atoms with Gasteiger partial charge in [0, 0.05) is 10.9 Å². The number of benzene rings is 2. The van der Waals surface area contributed by atoms with Crippen LogP contribution in [0.2, 0.25) is 0 Å². The number of unbranched alkanes of at least 4 members (excludes halogenated alkanes) is 1. The van der Waals surface area contributed by atoms with E-state index in [0.29, 0.717) is 0 Å². The number of allylic oxidation sites excluding steroid dienone is 2. The number of alkyl halides is 1. The molecule has 0 bridgehead atoms. The number of carboxylic acids is 2. The second kappa shape index (κ2) is 22.0. The van der Waals surface area contributed by atoms with Crippen LogP contribution in [0.3, 0.4) is 0 Å². The minimum atomic E-state index is -1.11. The first-order chi connectivity index (χ1) is 14.7. The number of carbonyl (C=O) groups is 2. The summed E-state index contributed by atoms with van der Waals surface area (Å²) in [7, 11) is 0. The number of hydrogen-bond donors (Lipinski definition) is 2. The SMILES string of the molecule is C=CCBr.C=CCc1c(F)cccc1C(=O)O.C[CH-]CC.O=C(O)c1cccc(F)c1.[Li+]. The molecule has 2 rings (SSSR count). The van der Waals surface area contributed by atoms with Crippen molar-refractivity contribution in [2.75, 3.05) is 5.33 Å². The molecule has 0 saturated carbocycles. The van der Waals surface area contributed by atoms with E-state index in [-0.39, 0.29) is 42.0 Å². The van der Waals surface area contributed by atoms with Gasteiger partial charge in [0.25, 0.3) is 0 Å². The first-order valence-corrected chi connectivity index (χ1v) is 10.4. The Kier molecular flexibility index (Phi) is 23.7. The normalized spacial score (nSPS) is 8.53. The number of rotatable bonds is 6. The zero-order valence-electron chi connectivity index (χ0n) is 18.7. The van der Waals surface area contributed by atoms with Crippen LogP contribution < -0.4 is 18.9 Å². The molecule has 0 aliphatic carbocycles. The second-order valence-corrected chi connectivity index (χ2v) is 6.29. The maximum Gasteiger partial charge on any atom is 1.00 e. The van der Waals surface area contributed by atoms with E-state index in [1.165, 1.54) is 48.9 Å². The molecule has 32 heavy (non-hydrogen) atoms. The van der Waals surface area contributed by atoms with Gasteiger partial charge in [-0.25, -0.2) is 18.4 Å². The predicted octanol–water partition coefficient (Wildman–Crippen LogP) is 3.97. The zero-order chi connectivity index (χ0) is 24.2. The fraction of sp³-hybridized carbons (Fsp3) is 0.208. The molecule has 8 heteroatoms. The largest absolute Gasteiger partial charge is 1.00 e. The van der Waals surface area contributed by atoms with E-state index in [4.69, 9.17) is 10.2 Å². The van der Waals surface area contributed by atoms with Crippen molar-refractivity contribution in [3.8, 4) is 0 Å². The summed E-state index contributed by atoms with van der Waals surface area (Å²) in [5.41, 5.74) is 0.157. The number of aromatic carboxylic acids is 2. The maximum atomic E-state index is 13.1. The van der Waals surface area contributed by atoms with Crippen LogP contribution in [0.4, 0.5) is 8.78 Å². The van der Waals surface area contributed by atoms with E-state index >= 15 is 0 Å². The maximum absolute atomic E-state index is 13.1. The van der Waals surface area contributed by atoms with Crippen LogP contribution in [-0.4, -0.2) is 27.5 Å². The molecule has 0 atom stereocenters. The van der Waals surface area contributed by atoms with Gasteiger partial charge in [0.1, 0.15) is 11.6 Å². The summed E-state index contributed by atoms with van der Waals surface area (Å²) in [6, 6.07) is 8.87. The van der Waals surface area contributed by atoms with Gasteiger partial charge in [-0.15, -0.1) is 13.2 Å². The van der Waals surface area contributed by atoms with Crippen molar-refractivity contribution in [3.05, 3.63) is 103 Å². The Bertz CT molecular complexity index is 827. The number of hydrogen-bond acceptors (Lipinski definition) is 2. The molecule has 0 aliphatic rings. The Morgan fingerprint density at radius 2 is 1.59 bits per heavy atom. The number of carboxylic acid groups (broad SMARTS) is 2. The van der Waals surface area contributed by atoms with Crippen LogP contribution in [0.15, 0.2) is 67.8 Å². The van der Waals surface area contributed by atoms with Crippen molar-refractivity contribution in [1.29, 1.82) is 0 Å². The molecule has 0 radical (unpaired) electrons. The van der Waals surface area contributed by atoms with Gasteiger partial charge in [0.2, 0.25) is 0 Å². The standard InChI is InChI=1S/C10H9FO2.C7H5FO2.C4H9.C3H5Br.Li/c1-2-4-7-8(10(12)13)5-3-6-9(7)11;8-6-3-1-2-5(4-6)7(9)10;1-3-4-2;1-2-3-4;/h2-3,5-6H,1,4H2,(H,12,13);1-4H,(H,9,10);3H,4H2,1-2H3;2H,1,3H2;/q;;-1;;+1. The molecular weight excluding hydrogens is 477 g/mol. The molecule has 0 aromatic heterocycles. The van der Waals surface area contributed by atoms with E-state index < -0.39 is 23.6 Å². The Hall–Kier alpha value is -2.20. The fourth-order valence-corrected chi connectivity index (χ4v) is 1.73. The van der Waals surface area contributed by atoms with Crippen molar-refractivity contribution in [2.24, 2.45) is 0 Å². The Morgan fingerprint density at radius 3 is 1.94 bits per heavy atom. The third kappa shape index (κ3) is 16.5. The van der Waals surface area contributed by atoms with Gasteiger partial charge in [0.05, 0.1) is 11.1 Å². The van der Waals surface area contributed by atoms with E-state index in [9.17, 15) is 18.4 Å². The van der Waals surface area contributed by atoms with E-state index in [0.717, 1.165) is 11.4 Å². The van der Waals surface area contributed by atoms with Crippen molar-refractivity contribution >= 4 is 27.9 Å². The summed E-state index contributed by atoms with van der Waals surface area (Å²) >= 11 is 3.13. The van der Waals surface area contributed by atoms with Crippen LogP contribution in [0.25, 0.3) is 0 Å². The first kappa shape index (κ1) is 34.4. The third-order valence-corrected chi connectivity index (χ3v) is 3.74. The van der Waals surface area contributed by atoms with Gasteiger partial charge < -0.3 is 16.6 Å². The van der Waals surface area contributed by atoms with Crippen molar-refractivity contribution in [1.82, 2.24) is 0 Å². The van der Waals surface area contributed by atoms with Gasteiger partial charge >= 0.3 is 30.8 Å². The average Bonchev–Trinajstić information content (AvgIpc) is 2.76. The van der Waals surface area contributed by atoms with Crippen molar-refractivity contribution in [2.45, 2.75) is 26.7 Å². The molecule has 0 heterocycles. The predicted molar refractivity (Wildman–Crippen MR) is 125 cm³/mol. The summed E-state index contributed by atoms with van der Waals surface area (Å²) in [6.07, 6.45) is 6.82. The summed E-state index contributed by atoms with van der Waals surface area (Å²) in [5.74, 6) is -3.25. The van der Waals surface area contributed by atoms with Gasteiger partial charge in [-0.05, 0) is 36.8 Å². The van der Waals surface area contributed by atoms with Gasteiger partial charge in [-0.1, -0.05) is 47.1 Å². The Balaban J connectivity index is -0.000000392. The quantitative estimate of drug-likeness (QED) is 0.270. The van der Waals surface area contributed by atoms with E-state index in [2.05, 4.69) is 49.4 Å². The van der Waals surface area contributed by atoms with Crippen LogP contribution in [0.1, 0.15) is 46.5 Å². The topological polar surface area (TPSA) is 74.6 Å². The average molecular weight is 505 g/mol. The Labute approximate surface area is 209 Å². The molecule has 2 N–H and O–H groups in total.